The Morgan fingerprint density at radius 2 is 2.00 bits per heavy atom. The summed E-state index contributed by atoms with van der Waals surface area (Å²) in [6.07, 6.45) is 0. The van der Waals surface area contributed by atoms with Crippen LogP contribution in [0.2, 0.25) is 5.02 Å². The van der Waals surface area contributed by atoms with Crippen molar-refractivity contribution in [2.45, 2.75) is 5.38 Å². The van der Waals surface area contributed by atoms with Crippen molar-refractivity contribution < 1.29 is 4.39 Å². The summed E-state index contributed by atoms with van der Waals surface area (Å²) in [7, 11) is 0. The number of hydrogen-bond acceptors (Lipinski definition) is 1. The second-order valence-corrected chi connectivity index (χ2v) is 7.87. The second kappa shape index (κ2) is 5.57. The van der Waals surface area contributed by atoms with E-state index in [2.05, 4.69) is 31.9 Å². The lowest BCUT2D eigenvalue weighted by Crippen LogP contribution is -1.97. The zero-order chi connectivity index (χ0) is 12.6. The SMILES string of the molecule is Fc1cccc(Cl)c1C(Cl)c1cc(Br)sc1Br. The molecule has 1 heterocycles. The number of halogens is 5. The van der Waals surface area contributed by atoms with Crippen molar-refractivity contribution in [2.75, 3.05) is 0 Å². The van der Waals surface area contributed by atoms with Gasteiger partial charge in [0.05, 0.1) is 12.9 Å². The van der Waals surface area contributed by atoms with E-state index in [1.807, 2.05) is 6.07 Å². The maximum atomic E-state index is 13.7. The fraction of sp³-hybridized carbons (Fsp3) is 0.0909. The molecule has 0 nitrogen and oxygen atoms in total. The van der Waals surface area contributed by atoms with E-state index in [1.54, 1.807) is 12.1 Å². The molecule has 0 aliphatic heterocycles. The highest BCUT2D eigenvalue weighted by atomic mass is 79.9. The van der Waals surface area contributed by atoms with Crippen molar-refractivity contribution >= 4 is 66.4 Å². The summed E-state index contributed by atoms with van der Waals surface area (Å²) in [6, 6.07) is 6.40. The number of benzene rings is 1. The van der Waals surface area contributed by atoms with Crippen molar-refractivity contribution in [1.29, 1.82) is 0 Å². The average molecular weight is 419 g/mol. The third kappa shape index (κ3) is 2.87. The van der Waals surface area contributed by atoms with Crippen LogP contribution < -0.4 is 0 Å². The van der Waals surface area contributed by atoms with Gasteiger partial charge in [-0.1, -0.05) is 17.7 Å². The maximum absolute atomic E-state index is 13.7. The molecule has 0 spiro atoms. The largest absolute Gasteiger partial charge is 0.207 e. The molecule has 0 N–H and O–H groups in total. The quantitative estimate of drug-likeness (QED) is 0.495. The summed E-state index contributed by atoms with van der Waals surface area (Å²) in [5, 5.41) is -0.278. The van der Waals surface area contributed by atoms with E-state index in [0.29, 0.717) is 10.6 Å². The standard InChI is InChI=1S/C11H5Br2Cl2FS/c12-8-4-5(11(13)17-8)10(15)9-6(14)2-1-3-7(9)16/h1-4,10H. The minimum Gasteiger partial charge on any atom is -0.207 e. The molecule has 17 heavy (non-hydrogen) atoms. The summed E-state index contributed by atoms with van der Waals surface area (Å²) in [4.78, 5) is 0. The van der Waals surface area contributed by atoms with Gasteiger partial charge in [-0.3, -0.25) is 0 Å². The monoisotopic (exact) mass is 416 g/mol. The molecule has 0 aliphatic carbocycles. The van der Waals surface area contributed by atoms with Crippen LogP contribution in [0.3, 0.4) is 0 Å². The molecule has 1 aromatic heterocycles. The number of thiophene rings is 1. The Bertz CT molecular complexity index is 536. The molecule has 1 atom stereocenters. The topological polar surface area (TPSA) is 0 Å². The highest BCUT2D eigenvalue weighted by molar-refractivity contribution is 9.12. The van der Waals surface area contributed by atoms with Crippen LogP contribution in [0.15, 0.2) is 31.8 Å². The van der Waals surface area contributed by atoms with Crippen molar-refractivity contribution in [3.63, 3.8) is 0 Å². The molecule has 0 radical (unpaired) electrons. The smallest absolute Gasteiger partial charge is 0.129 e. The molecular formula is C11H5Br2Cl2FS. The first-order chi connectivity index (χ1) is 8.00. The molecule has 0 bridgehead atoms. The summed E-state index contributed by atoms with van der Waals surface area (Å²) in [5.74, 6) is -0.397. The minimum absolute atomic E-state index is 0.307. The third-order valence-corrected chi connectivity index (χ3v) is 5.38. The molecule has 0 saturated carbocycles. The van der Waals surface area contributed by atoms with E-state index in [4.69, 9.17) is 23.2 Å². The average Bonchev–Trinajstić information content (AvgIpc) is 2.57. The first-order valence-electron chi connectivity index (χ1n) is 4.53. The molecule has 1 unspecified atom stereocenters. The molecule has 90 valence electrons. The Labute approximate surface area is 129 Å². The Kier molecular flexibility index (Phi) is 4.53. The van der Waals surface area contributed by atoms with E-state index in [9.17, 15) is 4.39 Å². The van der Waals surface area contributed by atoms with E-state index in [0.717, 1.165) is 13.1 Å². The molecule has 0 fully saturated rings. The lowest BCUT2D eigenvalue weighted by atomic mass is 10.1. The predicted molar refractivity (Wildman–Crippen MR) is 78.8 cm³/mol. The van der Waals surface area contributed by atoms with E-state index in [-0.39, 0.29) is 0 Å². The predicted octanol–water partition coefficient (Wildman–Crippen LogP) is 6.39. The fourth-order valence-electron chi connectivity index (χ4n) is 1.43. The van der Waals surface area contributed by atoms with Crippen LogP contribution in [-0.2, 0) is 0 Å². The first kappa shape index (κ1) is 13.8. The van der Waals surface area contributed by atoms with E-state index < -0.39 is 11.2 Å². The van der Waals surface area contributed by atoms with Crippen molar-refractivity contribution in [1.82, 2.24) is 0 Å². The molecule has 0 saturated heterocycles. The second-order valence-electron chi connectivity index (χ2n) is 3.28. The van der Waals surface area contributed by atoms with Gasteiger partial charge in [0.2, 0.25) is 0 Å². The van der Waals surface area contributed by atoms with Gasteiger partial charge < -0.3 is 0 Å². The summed E-state index contributed by atoms with van der Waals surface area (Å²) >= 11 is 20.5. The molecule has 0 amide bonds. The molecule has 2 rings (SSSR count). The van der Waals surface area contributed by atoms with Gasteiger partial charge in [-0.05, 0) is 50.1 Å². The van der Waals surface area contributed by atoms with Gasteiger partial charge in [-0.15, -0.1) is 22.9 Å². The lowest BCUT2D eigenvalue weighted by Gasteiger charge is -2.12. The Morgan fingerprint density at radius 1 is 1.29 bits per heavy atom. The lowest BCUT2D eigenvalue weighted by molar-refractivity contribution is 0.612. The zero-order valence-electron chi connectivity index (χ0n) is 8.18. The Balaban J connectivity index is 2.51. The van der Waals surface area contributed by atoms with E-state index in [1.165, 1.54) is 17.4 Å². The van der Waals surface area contributed by atoms with Crippen LogP contribution >= 0.6 is 66.4 Å². The van der Waals surface area contributed by atoms with Crippen molar-refractivity contribution in [3.8, 4) is 0 Å². The van der Waals surface area contributed by atoms with Gasteiger partial charge >= 0.3 is 0 Å². The molecule has 2 aromatic rings. The van der Waals surface area contributed by atoms with Crippen molar-refractivity contribution in [3.05, 3.63) is 53.8 Å². The number of rotatable bonds is 2. The van der Waals surface area contributed by atoms with Crippen LogP contribution in [0.25, 0.3) is 0 Å². The fourth-order valence-corrected chi connectivity index (χ4v) is 5.25. The molecular weight excluding hydrogens is 414 g/mol. The van der Waals surface area contributed by atoms with Crippen LogP contribution in [0.4, 0.5) is 4.39 Å². The highest BCUT2D eigenvalue weighted by Gasteiger charge is 2.22. The van der Waals surface area contributed by atoms with Gasteiger partial charge in [-0.2, -0.15) is 0 Å². The third-order valence-electron chi connectivity index (χ3n) is 2.21. The van der Waals surface area contributed by atoms with Gasteiger partial charge in [-0.25, -0.2) is 4.39 Å². The summed E-state index contributed by atoms with van der Waals surface area (Å²) in [5.41, 5.74) is 1.11. The normalized spacial score (nSPS) is 12.8. The zero-order valence-corrected chi connectivity index (χ0v) is 13.7. The number of hydrogen-bond donors (Lipinski definition) is 0. The molecule has 1 aromatic carbocycles. The maximum Gasteiger partial charge on any atom is 0.129 e. The Morgan fingerprint density at radius 3 is 2.53 bits per heavy atom. The van der Waals surface area contributed by atoms with E-state index >= 15 is 0 Å². The molecule has 0 aliphatic rings. The summed E-state index contributed by atoms with van der Waals surface area (Å²) < 4.78 is 15.5. The summed E-state index contributed by atoms with van der Waals surface area (Å²) in [6.45, 7) is 0. The van der Waals surface area contributed by atoms with Gasteiger partial charge in [0.1, 0.15) is 5.82 Å². The van der Waals surface area contributed by atoms with Crippen molar-refractivity contribution in [2.24, 2.45) is 0 Å². The highest BCUT2D eigenvalue weighted by Crippen LogP contribution is 2.43. The van der Waals surface area contributed by atoms with Gasteiger partial charge in [0, 0.05) is 16.1 Å². The first-order valence-corrected chi connectivity index (χ1v) is 7.75. The van der Waals surface area contributed by atoms with Gasteiger partial charge in [0.15, 0.2) is 0 Å². The van der Waals surface area contributed by atoms with Gasteiger partial charge in [0.25, 0.3) is 0 Å². The van der Waals surface area contributed by atoms with Crippen LogP contribution in [0, 0.1) is 5.82 Å². The molecule has 6 heteroatoms. The Hall–Kier alpha value is 0.390. The minimum atomic E-state index is -0.611. The van der Waals surface area contributed by atoms with Crippen LogP contribution in [0.1, 0.15) is 16.5 Å². The number of alkyl halides is 1. The van der Waals surface area contributed by atoms with Crippen LogP contribution in [0.5, 0.6) is 0 Å². The van der Waals surface area contributed by atoms with Crippen LogP contribution in [-0.4, -0.2) is 0 Å².